The Bertz CT molecular complexity index is 355. The molecular weight excluding hydrogens is 264 g/mol. The van der Waals surface area contributed by atoms with Gasteiger partial charge in [0.25, 0.3) is 5.91 Å². The summed E-state index contributed by atoms with van der Waals surface area (Å²) in [5.41, 5.74) is 0. The van der Waals surface area contributed by atoms with E-state index in [9.17, 15) is 14.4 Å². The summed E-state index contributed by atoms with van der Waals surface area (Å²) >= 11 is 0. The fourth-order valence-electron chi connectivity index (χ4n) is 1.04. The molecule has 0 rings (SSSR count). The molecule has 0 aromatic heterocycles. The van der Waals surface area contributed by atoms with Crippen molar-refractivity contribution in [3.63, 3.8) is 0 Å². The van der Waals surface area contributed by atoms with Crippen LogP contribution in [-0.4, -0.2) is 43.8 Å². The van der Waals surface area contributed by atoms with Gasteiger partial charge in [0.2, 0.25) is 0 Å². The second kappa shape index (κ2) is 9.96. The second-order valence-electron chi connectivity index (χ2n) is 4.52. The van der Waals surface area contributed by atoms with Gasteiger partial charge in [-0.2, -0.15) is 0 Å². The Balaban J connectivity index is 3.89. The molecule has 3 amide bonds. The van der Waals surface area contributed by atoms with Crippen molar-refractivity contribution in [2.75, 3.05) is 19.8 Å². The molecule has 7 nitrogen and oxygen atoms in total. The molecule has 20 heavy (non-hydrogen) atoms. The molecule has 114 valence electrons. The first-order valence-electron chi connectivity index (χ1n) is 6.33. The number of nitrogens with one attached hydrogen (secondary N) is 2. The van der Waals surface area contributed by atoms with Crippen LogP contribution in [0.4, 0.5) is 4.79 Å². The van der Waals surface area contributed by atoms with Gasteiger partial charge in [0.1, 0.15) is 0 Å². The van der Waals surface area contributed by atoms with E-state index in [-0.39, 0.29) is 12.5 Å². The van der Waals surface area contributed by atoms with E-state index in [0.29, 0.717) is 6.54 Å². The van der Waals surface area contributed by atoms with Crippen LogP contribution in [0.15, 0.2) is 12.7 Å². The zero-order valence-corrected chi connectivity index (χ0v) is 12.1. The second-order valence-corrected chi connectivity index (χ2v) is 4.52. The molecule has 0 aliphatic heterocycles. The molecule has 0 radical (unpaired) electrons. The summed E-state index contributed by atoms with van der Waals surface area (Å²) in [6, 6.07) is -0.615. The molecule has 0 spiro atoms. The van der Waals surface area contributed by atoms with Crippen LogP contribution in [0.2, 0.25) is 0 Å². The molecular formula is C13H22N2O5. The average molecular weight is 286 g/mol. The van der Waals surface area contributed by atoms with E-state index in [0.717, 1.165) is 0 Å². The number of amides is 3. The van der Waals surface area contributed by atoms with Crippen LogP contribution >= 0.6 is 0 Å². The highest BCUT2D eigenvalue weighted by Crippen LogP contribution is 1.94. The van der Waals surface area contributed by atoms with Crippen LogP contribution in [0.5, 0.6) is 0 Å². The average Bonchev–Trinajstić information content (AvgIpc) is 2.39. The van der Waals surface area contributed by atoms with E-state index in [4.69, 9.17) is 9.47 Å². The molecule has 2 N–H and O–H groups in total. The van der Waals surface area contributed by atoms with E-state index in [2.05, 4.69) is 11.9 Å². The number of esters is 1. The lowest BCUT2D eigenvalue weighted by Crippen LogP contribution is -2.43. The quantitative estimate of drug-likeness (QED) is 0.503. The number of imide groups is 1. The fourth-order valence-corrected chi connectivity index (χ4v) is 1.04. The lowest BCUT2D eigenvalue weighted by molar-refractivity contribution is -0.158. The number of hydrogen-bond donors (Lipinski definition) is 2. The highest BCUT2D eigenvalue weighted by atomic mass is 16.6. The smallest absolute Gasteiger partial charge is 0.335 e. The topological polar surface area (TPSA) is 93.7 Å². The molecule has 0 fully saturated rings. The number of carbonyl (C=O) groups excluding carboxylic acids is 3. The Hall–Kier alpha value is -1.89. The Morgan fingerprint density at radius 3 is 2.45 bits per heavy atom. The number of urea groups is 1. The molecule has 0 bridgehead atoms. The fraction of sp³-hybridized carbons (Fsp3) is 0.615. The molecule has 0 aliphatic rings. The van der Waals surface area contributed by atoms with Gasteiger partial charge in [0, 0.05) is 6.54 Å². The maximum absolute atomic E-state index is 11.4. The minimum Gasteiger partial charge on any atom is -0.454 e. The van der Waals surface area contributed by atoms with Crippen molar-refractivity contribution in [3.8, 4) is 0 Å². The van der Waals surface area contributed by atoms with Crippen molar-refractivity contribution >= 4 is 17.9 Å². The Labute approximate surface area is 118 Å². The predicted octanol–water partition coefficient (Wildman–Crippen LogP) is 0.602. The van der Waals surface area contributed by atoms with Gasteiger partial charge in [0.05, 0.1) is 6.61 Å². The molecule has 1 unspecified atom stereocenters. The van der Waals surface area contributed by atoms with Crippen LogP contribution in [-0.2, 0) is 19.1 Å². The lowest BCUT2D eigenvalue weighted by atomic mass is 10.2. The Morgan fingerprint density at radius 2 is 1.90 bits per heavy atom. The first-order chi connectivity index (χ1) is 9.36. The Kier molecular flexibility index (Phi) is 9.02. The minimum atomic E-state index is -0.796. The van der Waals surface area contributed by atoms with Gasteiger partial charge in [-0.1, -0.05) is 19.9 Å². The van der Waals surface area contributed by atoms with Crippen LogP contribution < -0.4 is 10.6 Å². The summed E-state index contributed by atoms with van der Waals surface area (Å²) in [7, 11) is 0. The van der Waals surface area contributed by atoms with E-state index < -0.39 is 30.6 Å². The van der Waals surface area contributed by atoms with E-state index in [1.807, 2.05) is 19.2 Å². The monoisotopic (exact) mass is 286 g/mol. The number of carbonyl (C=O) groups is 3. The summed E-state index contributed by atoms with van der Waals surface area (Å²) < 4.78 is 9.73. The Morgan fingerprint density at radius 1 is 1.25 bits per heavy atom. The minimum absolute atomic E-state index is 0.208. The van der Waals surface area contributed by atoms with Gasteiger partial charge >= 0.3 is 12.0 Å². The standard InChI is InChI=1S/C13H22N2O5/c1-5-6-19-10(4)12(17)20-8-11(16)15-13(18)14-7-9(2)3/h5,9-10H,1,6-8H2,2-4H3,(H2,14,15,16,18). The lowest BCUT2D eigenvalue weighted by Gasteiger charge is -2.11. The van der Waals surface area contributed by atoms with Crippen molar-refractivity contribution in [2.24, 2.45) is 5.92 Å². The van der Waals surface area contributed by atoms with Gasteiger partial charge in [-0.15, -0.1) is 6.58 Å². The molecule has 7 heteroatoms. The van der Waals surface area contributed by atoms with Crippen molar-refractivity contribution < 1.29 is 23.9 Å². The van der Waals surface area contributed by atoms with Crippen LogP contribution in [0.3, 0.4) is 0 Å². The van der Waals surface area contributed by atoms with Crippen LogP contribution in [0.25, 0.3) is 0 Å². The molecule has 0 saturated carbocycles. The van der Waals surface area contributed by atoms with Crippen molar-refractivity contribution in [3.05, 3.63) is 12.7 Å². The third-order valence-corrected chi connectivity index (χ3v) is 2.07. The number of rotatable bonds is 8. The molecule has 0 saturated heterocycles. The van der Waals surface area contributed by atoms with E-state index in [1.54, 1.807) is 0 Å². The summed E-state index contributed by atoms with van der Waals surface area (Å²) in [5.74, 6) is -1.10. The molecule has 0 heterocycles. The normalized spacial score (nSPS) is 11.6. The van der Waals surface area contributed by atoms with Crippen LogP contribution in [0.1, 0.15) is 20.8 Å². The van der Waals surface area contributed by atoms with E-state index >= 15 is 0 Å². The zero-order valence-electron chi connectivity index (χ0n) is 12.1. The summed E-state index contributed by atoms with van der Waals surface area (Å²) in [5, 5.41) is 4.55. The largest absolute Gasteiger partial charge is 0.454 e. The molecule has 0 aliphatic carbocycles. The van der Waals surface area contributed by atoms with Crippen molar-refractivity contribution in [1.82, 2.24) is 10.6 Å². The third-order valence-electron chi connectivity index (χ3n) is 2.07. The SMILES string of the molecule is C=CCOC(C)C(=O)OCC(=O)NC(=O)NCC(C)C. The third kappa shape index (κ3) is 9.09. The van der Waals surface area contributed by atoms with Gasteiger partial charge in [-0.3, -0.25) is 10.1 Å². The number of hydrogen-bond acceptors (Lipinski definition) is 5. The highest BCUT2D eigenvalue weighted by molar-refractivity contribution is 5.95. The summed E-state index contributed by atoms with van der Waals surface area (Å²) in [6.07, 6.45) is 0.700. The van der Waals surface area contributed by atoms with Gasteiger partial charge < -0.3 is 14.8 Å². The maximum atomic E-state index is 11.4. The van der Waals surface area contributed by atoms with E-state index in [1.165, 1.54) is 13.0 Å². The van der Waals surface area contributed by atoms with Gasteiger partial charge in [-0.05, 0) is 12.8 Å². The first kappa shape index (κ1) is 18.1. The molecule has 0 aromatic carbocycles. The highest BCUT2D eigenvalue weighted by Gasteiger charge is 2.16. The van der Waals surface area contributed by atoms with Gasteiger partial charge in [0.15, 0.2) is 12.7 Å². The molecule has 1 atom stereocenters. The maximum Gasteiger partial charge on any atom is 0.335 e. The summed E-state index contributed by atoms with van der Waals surface area (Å²) in [6.45, 7) is 8.92. The predicted molar refractivity (Wildman–Crippen MR) is 72.9 cm³/mol. The first-order valence-corrected chi connectivity index (χ1v) is 6.33. The van der Waals surface area contributed by atoms with Crippen molar-refractivity contribution in [2.45, 2.75) is 26.9 Å². The zero-order chi connectivity index (χ0) is 15.5. The van der Waals surface area contributed by atoms with Crippen LogP contribution in [0, 0.1) is 5.92 Å². The number of ether oxygens (including phenoxy) is 2. The molecule has 0 aromatic rings. The summed E-state index contributed by atoms with van der Waals surface area (Å²) in [4.78, 5) is 34.0. The van der Waals surface area contributed by atoms with Crippen molar-refractivity contribution in [1.29, 1.82) is 0 Å². The van der Waals surface area contributed by atoms with Gasteiger partial charge in [-0.25, -0.2) is 9.59 Å².